The van der Waals surface area contributed by atoms with Gasteiger partial charge in [-0.1, -0.05) is 40.6 Å². The molecule has 0 radical (unpaired) electrons. The second-order valence-corrected chi connectivity index (χ2v) is 10.0. The summed E-state index contributed by atoms with van der Waals surface area (Å²) in [5.41, 5.74) is 3.61. The summed E-state index contributed by atoms with van der Waals surface area (Å²) in [6.07, 6.45) is 7.99. The Morgan fingerprint density at radius 1 is 1.16 bits per heavy atom. The van der Waals surface area contributed by atoms with Crippen LogP contribution < -0.4 is 5.73 Å². The molecule has 37 heavy (non-hydrogen) atoms. The molecule has 3 N–H and O–H groups in total. The Bertz CT molecular complexity index is 1160. The highest BCUT2D eigenvalue weighted by atomic mass is 31.0. The van der Waals surface area contributed by atoms with Gasteiger partial charge in [0.2, 0.25) is 0 Å². The van der Waals surface area contributed by atoms with Gasteiger partial charge in [0.25, 0.3) is 11.6 Å². The van der Waals surface area contributed by atoms with Crippen LogP contribution in [-0.2, 0) is 0 Å². The maximum Gasteiger partial charge on any atom is 0.335 e. The predicted molar refractivity (Wildman–Crippen MR) is 152 cm³/mol. The normalized spacial score (nSPS) is 16.2. The predicted octanol–water partition coefficient (Wildman–Crippen LogP) is 5.44. The van der Waals surface area contributed by atoms with Gasteiger partial charge >= 0.3 is 5.97 Å². The van der Waals surface area contributed by atoms with E-state index in [-0.39, 0.29) is 34.4 Å². The zero-order chi connectivity index (χ0) is 27.8. The molecule has 0 spiro atoms. The number of rotatable bonds is 10. The van der Waals surface area contributed by atoms with Gasteiger partial charge in [-0.25, -0.2) is 4.79 Å². The summed E-state index contributed by atoms with van der Waals surface area (Å²) >= 11 is 0. The molecule has 1 saturated heterocycles. The van der Waals surface area contributed by atoms with E-state index >= 15 is 0 Å². The monoisotopic (exact) mass is 547 g/mol. The molecule has 1 aromatic carbocycles. The van der Waals surface area contributed by atoms with E-state index in [1.54, 1.807) is 30.1 Å². The van der Waals surface area contributed by atoms with Crippen molar-refractivity contribution in [2.24, 2.45) is 16.6 Å². The number of halogens is 2. The Kier molecular flexibility index (Phi) is 11.1. The van der Waals surface area contributed by atoms with Crippen LogP contribution in [0.1, 0.15) is 40.5 Å². The summed E-state index contributed by atoms with van der Waals surface area (Å²) in [4.78, 5) is 29.8. The first kappa shape index (κ1) is 30.3. The van der Waals surface area contributed by atoms with Crippen LogP contribution in [0, 0.1) is 5.92 Å². The lowest BCUT2D eigenvalue weighted by molar-refractivity contribution is 0.0681. The fraction of sp³-hybridized carbons (Fsp3) is 0.296. The van der Waals surface area contributed by atoms with Gasteiger partial charge in [0.05, 0.1) is 5.56 Å². The van der Waals surface area contributed by atoms with Gasteiger partial charge in [-0.2, -0.15) is 8.78 Å². The van der Waals surface area contributed by atoms with E-state index in [1.165, 1.54) is 39.6 Å². The quantitative estimate of drug-likeness (QED) is 0.177. The minimum absolute atomic E-state index is 0.132. The maximum atomic E-state index is 13.9. The summed E-state index contributed by atoms with van der Waals surface area (Å²) in [7, 11) is 3.91. The first-order chi connectivity index (χ1) is 17.3. The molecule has 1 aliphatic rings. The summed E-state index contributed by atoms with van der Waals surface area (Å²) in [6.45, 7) is 10.8. The number of piperidine rings is 1. The molecule has 1 amide bonds. The maximum absolute atomic E-state index is 13.9. The van der Waals surface area contributed by atoms with E-state index < -0.39 is 11.6 Å². The number of amides is 1. The van der Waals surface area contributed by atoms with Gasteiger partial charge in [0, 0.05) is 30.8 Å². The molecule has 2 unspecified atom stereocenters. The van der Waals surface area contributed by atoms with E-state index in [4.69, 9.17) is 10.8 Å². The number of carbonyl (C=O) groups excluding carboxylic acids is 1. The fourth-order valence-electron chi connectivity index (χ4n) is 3.80. The number of alkyl halides is 2. The van der Waals surface area contributed by atoms with Crippen LogP contribution in [0.3, 0.4) is 0 Å². The number of benzene rings is 1. The minimum atomic E-state index is -3.19. The third-order valence-electron chi connectivity index (χ3n) is 5.93. The zero-order valence-corrected chi connectivity index (χ0v) is 23.1. The molecule has 0 saturated carbocycles. The molecule has 1 aromatic rings. The van der Waals surface area contributed by atoms with Crippen LogP contribution in [0.2, 0.25) is 0 Å². The summed E-state index contributed by atoms with van der Waals surface area (Å²) < 4.78 is 27.8. The molecule has 0 aromatic heterocycles. The first-order valence-electron chi connectivity index (χ1n) is 11.6. The largest absolute Gasteiger partial charge is 0.478 e. The molecule has 10 heteroatoms. The smallest absolute Gasteiger partial charge is 0.335 e. The van der Waals surface area contributed by atoms with E-state index in [0.29, 0.717) is 36.1 Å². The number of aromatic carboxylic acids is 1. The van der Waals surface area contributed by atoms with Crippen molar-refractivity contribution in [3.05, 3.63) is 94.9 Å². The van der Waals surface area contributed by atoms with Crippen molar-refractivity contribution in [2.45, 2.75) is 25.4 Å². The number of carbonyl (C=O) groups is 2. The number of hydrogen-bond acceptors (Lipinski definition) is 3. The SMILES string of the molecule is C=C(/C=C\C(N)=NCC1CCN(C(=O)c2ccc(C(=O)O)cc2)CC1)/C(C(=C)C(F)(F)P)=C(P)/C=C\C. The topological polar surface area (TPSA) is 96.0 Å². The molecule has 1 aliphatic heterocycles. The lowest BCUT2D eigenvalue weighted by Crippen LogP contribution is -2.39. The van der Waals surface area contributed by atoms with E-state index in [2.05, 4.69) is 27.4 Å². The number of hydrogen-bond donors (Lipinski definition) is 2. The number of likely N-dealkylation sites (tertiary alicyclic amines) is 1. The molecule has 1 fully saturated rings. The Morgan fingerprint density at radius 3 is 2.24 bits per heavy atom. The van der Waals surface area contributed by atoms with Crippen LogP contribution in [0.4, 0.5) is 8.78 Å². The number of amidine groups is 1. The van der Waals surface area contributed by atoms with Crippen LogP contribution in [0.15, 0.2) is 88.8 Å². The molecule has 198 valence electrons. The van der Waals surface area contributed by atoms with Crippen LogP contribution in [-0.4, -0.2) is 53.0 Å². The molecule has 2 rings (SSSR count). The number of nitrogens with zero attached hydrogens (tertiary/aromatic N) is 2. The van der Waals surface area contributed by atoms with Crippen LogP contribution in [0.25, 0.3) is 0 Å². The van der Waals surface area contributed by atoms with E-state index in [0.717, 1.165) is 12.8 Å². The van der Waals surface area contributed by atoms with Crippen molar-refractivity contribution in [3.8, 4) is 0 Å². The number of carboxylic acid groups (broad SMARTS) is 1. The van der Waals surface area contributed by atoms with Gasteiger partial charge in [0.15, 0.2) is 0 Å². The molecular weight excluding hydrogens is 514 g/mol. The second kappa shape index (κ2) is 13.6. The number of aliphatic imine (C=N–C) groups is 1. The summed E-state index contributed by atoms with van der Waals surface area (Å²) in [5, 5.41) is 9.53. The number of carboxylic acids is 1. The lowest BCUT2D eigenvalue weighted by Gasteiger charge is -2.31. The van der Waals surface area contributed by atoms with E-state index in [9.17, 15) is 18.4 Å². The van der Waals surface area contributed by atoms with Crippen molar-refractivity contribution in [3.63, 3.8) is 0 Å². The van der Waals surface area contributed by atoms with Crippen molar-refractivity contribution in [1.82, 2.24) is 4.90 Å². The highest BCUT2D eigenvalue weighted by Crippen LogP contribution is 2.40. The molecule has 2 atom stereocenters. The third kappa shape index (κ3) is 8.84. The van der Waals surface area contributed by atoms with Crippen molar-refractivity contribution < 1.29 is 23.5 Å². The van der Waals surface area contributed by atoms with Gasteiger partial charge < -0.3 is 15.7 Å². The van der Waals surface area contributed by atoms with Crippen LogP contribution in [0.5, 0.6) is 0 Å². The van der Waals surface area contributed by atoms with Crippen molar-refractivity contribution in [1.29, 1.82) is 0 Å². The highest BCUT2D eigenvalue weighted by Gasteiger charge is 2.30. The van der Waals surface area contributed by atoms with Crippen LogP contribution >= 0.6 is 18.5 Å². The van der Waals surface area contributed by atoms with E-state index in [1.807, 2.05) is 0 Å². The van der Waals surface area contributed by atoms with Gasteiger partial charge in [-0.05, 0) is 72.5 Å². The molecular formula is C27H33F2N3O3P2. The minimum Gasteiger partial charge on any atom is -0.478 e. The number of nitrogens with two attached hydrogens (primary N) is 1. The average Bonchev–Trinajstić information content (AvgIpc) is 2.85. The highest BCUT2D eigenvalue weighted by molar-refractivity contribution is 7.23. The number of allylic oxidation sites excluding steroid dienone is 7. The summed E-state index contributed by atoms with van der Waals surface area (Å²) in [5.74, 6) is -0.677. The van der Waals surface area contributed by atoms with Crippen molar-refractivity contribution >= 4 is 36.2 Å². The Hall–Kier alpha value is -2.95. The van der Waals surface area contributed by atoms with Gasteiger partial charge in [-0.15, -0.1) is 9.24 Å². The zero-order valence-electron chi connectivity index (χ0n) is 20.8. The Labute approximate surface area is 221 Å². The third-order valence-corrected chi connectivity index (χ3v) is 6.76. The molecule has 6 nitrogen and oxygen atoms in total. The Balaban J connectivity index is 1.96. The van der Waals surface area contributed by atoms with Gasteiger partial charge in [0.1, 0.15) is 5.84 Å². The summed E-state index contributed by atoms with van der Waals surface area (Å²) in [6, 6.07) is 5.89. The second-order valence-electron chi connectivity index (χ2n) is 8.67. The Morgan fingerprint density at radius 2 is 1.73 bits per heavy atom. The lowest BCUT2D eigenvalue weighted by atomic mass is 9.96. The fourth-order valence-corrected chi connectivity index (χ4v) is 4.49. The standard InChI is InChI=1S/C27H33F2N3O3P2/c1-4-5-22(36)24(18(3)27(28,29)37)17(2)6-11-23(30)31-16-19-12-14-32(15-13-19)25(33)20-7-9-21(10-8-20)26(34)35/h4-11,19H,2-3,12-16,36-37H2,1H3,(H2,30,31)(H,34,35)/b5-4-,11-6-,24-22+. The molecule has 0 bridgehead atoms. The van der Waals surface area contributed by atoms with Gasteiger partial charge in [-0.3, -0.25) is 9.79 Å². The van der Waals surface area contributed by atoms with Crippen molar-refractivity contribution in [2.75, 3.05) is 19.6 Å². The molecule has 1 heterocycles. The molecule has 0 aliphatic carbocycles. The average molecular weight is 548 g/mol. The first-order valence-corrected chi connectivity index (χ1v) is 12.8.